The van der Waals surface area contributed by atoms with Crippen LogP contribution in [0.5, 0.6) is 0 Å². The highest BCUT2D eigenvalue weighted by Crippen LogP contribution is 2.18. The minimum atomic E-state index is -0.693. The van der Waals surface area contributed by atoms with E-state index >= 15 is 0 Å². The zero-order valence-corrected chi connectivity index (χ0v) is 25.0. The molecule has 220 valence electrons. The second-order valence-corrected chi connectivity index (χ2v) is 11.4. The number of rotatable bonds is 30. The maximum Gasteiger partial charge on any atom is 0.306 e. The molecule has 0 saturated heterocycles. The maximum atomic E-state index is 12.5. The summed E-state index contributed by atoms with van der Waals surface area (Å²) in [6, 6.07) is 0. The molecule has 0 fully saturated rings. The first kappa shape index (κ1) is 35.9. The minimum absolute atomic E-state index is 0.00750. The quantitative estimate of drug-likeness (QED) is 0.0749. The van der Waals surface area contributed by atoms with E-state index in [2.05, 4.69) is 13.8 Å². The summed E-state index contributed by atoms with van der Waals surface area (Å²) in [6.07, 6.45) is 32.7. The lowest BCUT2D eigenvalue weighted by atomic mass is 10.0. The van der Waals surface area contributed by atoms with Crippen LogP contribution < -0.4 is 0 Å². The van der Waals surface area contributed by atoms with Crippen molar-refractivity contribution in [1.29, 1.82) is 0 Å². The molecule has 0 aromatic heterocycles. The van der Waals surface area contributed by atoms with E-state index in [1.807, 2.05) is 0 Å². The van der Waals surface area contributed by atoms with E-state index in [0.717, 1.165) is 70.6 Å². The van der Waals surface area contributed by atoms with Crippen LogP contribution >= 0.6 is 0 Å². The third-order valence-corrected chi connectivity index (χ3v) is 7.58. The lowest BCUT2D eigenvalue weighted by molar-refractivity contribution is -0.150. The van der Waals surface area contributed by atoms with Crippen molar-refractivity contribution in [2.45, 2.75) is 200 Å². The Morgan fingerprint density at radius 1 is 0.486 bits per heavy atom. The van der Waals surface area contributed by atoms with Gasteiger partial charge in [-0.15, -0.1) is 0 Å². The molecule has 1 unspecified atom stereocenters. The van der Waals surface area contributed by atoms with Gasteiger partial charge in [0.25, 0.3) is 0 Å². The van der Waals surface area contributed by atoms with Crippen molar-refractivity contribution in [1.82, 2.24) is 0 Å². The highest BCUT2D eigenvalue weighted by molar-refractivity contribution is 5.69. The van der Waals surface area contributed by atoms with Crippen LogP contribution in [0.3, 0.4) is 0 Å². The van der Waals surface area contributed by atoms with E-state index in [1.165, 1.54) is 96.3 Å². The number of carbonyl (C=O) groups excluding carboxylic acids is 1. The van der Waals surface area contributed by atoms with Crippen LogP contribution in [0.2, 0.25) is 0 Å². The highest BCUT2D eigenvalue weighted by Gasteiger charge is 2.14. The van der Waals surface area contributed by atoms with Gasteiger partial charge in [-0.25, -0.2) is 0 Å². The molecule has 0 aliphatic rings. The lowest BCUT2D eigenvalue weighted by Gasteiger charge is -2.18. The Bertz CT molecular complexity index is 491. The van der Waals surface area contributed by atoms with E-state index in [-0.39, 0.29) is 18.5 Å². The average Bonchev–Trinajstić information content (AvgIpc) is 2.88. The van der Waals surface area contributed by atoms with Gasteiger partial charge in [-0.05, 0) is 38.5 Å². The molecular weight excluding hydrogens is 460 g/mol. The molecule has 4 nitrogen and oxygen atoms in total. The van der Waals surface area contributed by atoms with Gasteiger partial charge in [0.1, 0.15) is 6.10 Å². The van der Waals surface area contributed by atoms with Crippen molar-refractivity contribution in [3.8, 4) is 0 Å². The van der Waals surface area contributed by atoms with Crippen LogP contribution in [-0.2, 0) is 14.3 Å². The largest absolute Gasteiger partial charge is 0.481 e. The third-order valence-electron chi connectivity index (χ3n) is 7.58. The molecular formula is C33H64O4. The second kappa shape index (κ2) is 29.5. The Kier molecular flexibility index (Phi) is 28.7. The molecule has 0 radical (unpaired) electrons. The number of aliphatic carboxylic acids is 1. The van der Waals surface area contributed by atoms with E-state index in [0.29, 0.717) is 6.42 Å². The van der Waals surface area contributed by atoms with Crippen LogP contribution in [0, 0.1) is 0 Å². The summed E-state index contributed by atoms with van der Waals surface area (Å²) in [5.74, 6) is -0.685. The van der Waals surface area contributed by atoms with Gasteiger partial charge < -0.3 is 9.84 Å². The Morgan fingerprint density at radius 2 is 0.811 bits per heavy atom. The summed E-state index contributed by atoms with van der Waals surface area (Å²) in [7, 11) is 0. The van der Waals surface area contributed by atoms with Crippen LogP contribution in [-0.4, -0.2) is 23.1 Å². The maximum absolute atomic E-state index is 12.5. The standard InChI is InChI=1S/C33H64O4/c1-3-5-7-9-10-11-12-13-14-15-16-17-22-26-30-33(36)37-31(27-23-8-6-4-2)28-24-20-18-19-21-25-29-32(34)35/h31H,3-30H2,1-2H3,(H,34,35). The molecule has 0 rings (SSSR count). The molecule has 0 heterocycles. The molecule has 37 heavy (non-hydrogen) atoms. The molecule has 0 bridgehead atoms. The van der Waals surface area contributed by atoms with Crippen molar-refractivity contribution < 1.29 is 19.4 Å². The molecule has 0 saturated carbocycles. The normalized spacial score (nSPS) is 12.1. The second-order valence-electron chi connectivity index (χ2n) is 11.4. The Labute approximate surface area is 231 Å². The molecule has 0 aromatic carbocycles. The van der Waals surface area contributed by atoms with Gasteiger partial charge in [-0.2, -0.15) is 0 Å². The summed E-state index contributed by atoms with van der Waals surface area (Å²) in [6.45, 7) is 4.50. The number of hydrogen-bond acceptors (Lipinski definition) is 3. The molecule has 0 amide bonds. The number of carbonyl (C=O) groups is 2. The first-order valence-corrected chi connectivity index (χ1v) is 16.5. The van der Waals surface area contributed by atoms with Gasteiger partial charge in [0, 0.05) is 12.8 Å². The van der Waals surface area contributed by atoms with Gasteiger partial charge in [-0.3, -0.25) is 9.59 Å². The molecule has 0 aliphatic carbocycles. The molecule has 1 N–H and O–H groups in total. The zero-order chi connectivity index (χ0) is 27.2. The fourth-order valence-corrected chi connectivity index (χ4v) is 5.13. The number of carboxylic acid groups (broad SMARTS) is 1. The van der Waals surface area contributed by atoms with Crippen molar-refractivity contribution >= 4 is 11.9 Å². The number of hydrogen-bond donors (Lipinski definition) is 1. The molecule has 0 spiro atoms. The smallest absolute Gasteiger partial charge is 0.306 e. The van der Waals surface area contributed by atoms with Crippen LogP contribution in [0.25, 0.3) is 0 Å². The van der Waals surface area contributed by atoms with Gasteiger partial charge in [0.05, 0.1) is 0 Å². The fourth-order valence-electron chi connectivity index (χ4n) is 5.13. The molecule has 4 heteroatoms. The molecule has 1 atom stereocenters. The first-order chi connectivity index (χ1) is 18.1. The van der Waals surface area contributed by atoms with Gasteiger partial charge in [0.15, 0.2) is 0 Å². The van der Waals surface area contributed by atoms with Crippen molar-refractivity contribution in [2.75, 3.05) is 0 Å². The van der Waals surface area contributed by atoms with E-state index in [1.54, 1.807) is 0 Å². The topological polar surface area (TPSA) is 63.6 Å². The lowest BCUT2D eigenvalue weighted by Crippen LogP contribution is -2.18. The number of carboxylic acids is 1. The summed E-state index contributed by atoms with van der Waals surface area (Å²) < 4.78 is 5.91. The average molecular weight is 525 g/mol. The predicted molar refractivity (Wildman–Crippen MR) is 158 cm³/mol. The summed E-state index contributed by atoms with van der Waals surface area (Å²) >= 11 is 0. The van der Waals surface area contributed by atoms with E-state index in [9.17, 15) is 9.59 Å². The number of unbranched alkanes of at least 4 members (excludes halogenated alkanes) is 21. The number of ether oxygens (including phenoxy) is 1. The van der Waals surface area contributed by atoms with Crippen molar-refractivity contribution in [3.05, 3.63) is 0 Å². The summed E-state index contributed by atoms with van der Waals surface area (Å²) in [5.41, 5.74) is 0. The molecule has 0 aliphatic heterocycles. The Morgan fingerprint density at radius 3 is 1.22 bits per heavy atom. The van der Waals surface area contributed by atoms with Crippen molar-refractivity contribution in [2.24, 2.45) is 0 Å². The zero-order valence-electron chi connectivity index (χ0n) is 25.0. The minimum Gasteiger partial charge on any atom is -0.481 e. The Balaban J connectivity index is 3.79. The SMILES string of the molecule is CCCCCCCCCCCCCCCCC(=O)OC(CCCCCC)CCCCCCCCC(=O)O. The summed E-state index contributed by atoms with van der Waals surface area (Å²) in [4.78, 5) is 23.0. The van der Waals surface area contributed by atoms with Gasteiger partial charge in [0.2, 0.25) is 0 Å². The monoisotopic (exact) mass is 524 g/mol. The number of esters is 1. The Hall–Kier alpha value is -1.06. The van der Waals surface area contributed by atoms with E-state index in [4.69, 9.17) is 9.84 Å². The predicted octanol–water partition coefficient (Wildman–Crippen LogP) is 10.9. The molecule has 0 aromatic rings. The van der Waals surface area contributed by atoms with E-state index < -0.39 is 5.97 Å². The van der Waals surface area contributed by atoms with Crippen LogP contribution in [0.15, 0.2) is 0 Å². The van der Waals surface area contributed by atoms with Crippen LogP contribution in [0.1, 0.15) is 194 Å². The highest BCUT2D eigenvalue weighted by atomic mass is 16.5. The van der Waals surface area contributed by atoms with Gasteiger partial charge >= 0.3 is 11.9 Å². The van der Waals surface area contributed by atoms with Crippen molar-refractivity contribution in [3.63, 3.8) is 0 Å². The fraction of sp³-hybridized carbons (Fsp3) is 0.939. The van der Waals surface area contributed by atoms with Crippen LogP contribution in [0.4, 0.5) is 0 Å². The third kappa shape index (κ3) is 29.4. The van der Waals surface area contributed by atoms with Gasteiger partial charge in [-0.1, -0.05) is 142 Å². The summed E-state index contributed by atoms with van der Waals surface area (Å²) in [5, 5.41) is 8.71. The first-order valence-electron chi connectivity index (χ1n) is 16.5.